The maximum Gasteiger partial charge on any atom is 0.189 e. The normalized spacial score (nSPS) is 13.8. The van der Waals surface area contributed by atoms with Crippen LogP contribution in [0, 0.1) is 0 Å². The van der Waals surface area contributed by atoms with E-state index in [0.717, 1.165) is 10.7 Å². The van der Waals surface area contributed by atoms with Crippen LogP contribution >= 0.6 is 11.3 Å². The molecule has 102 valence electrons. The van der Waals surface area contributed by atoms with E-state index in [1.165, 1.54) is 0 Å². The summed E-state index contributed by atoms with van der Waals surface area (Å²) in [5, 5.41) is 6.23. The lowest BCUT2D eigenvalue weighted by molar-refractivity contribution is 0.508. The van der Waals surface area contributed by atoms with Crippen LogP contribution < -0.4 is 11.1 Å². The topological polar surface area (TPSA) is 63.3 Å². The Morgan fingerprint density at radius 2 is 1.94 bits per heavy atom. The van der Waals surface area contributed by atoms with E-state index >= 15 is 0 Å². The predicted octanol–water partition coefficient (Wildman–Crippen LogP) is 2.64. The first-order valence-corrected chi connectivity index (χ1v) is 6.99. The number of nitrogens with zero attached hydrogens (tertiary/aromatic N) is 2. The molecule has 18 heavy (non-hydrogen) atoms. The molecule has 3 N–H and O–H groups in total. The Balaban J connectivity index is 2.64. The lowest BCUT2D eigenvalue weighted by atomic mass is 9.93. The van der Waals surface area contributed by atoms with Crippen LogP contribution in [0.5, 0.6) is 0 Å². The molecule has 1 rings (SSSR count). The smallest absolute Gasteiger partial charge is 0.189 e. The van der Waals surface area contributed by atoms with Crippen molar-refractivity contribution < 1.29 is 0 Å². The molecular formula is C13H24N4S. The number of rotatable bonds is 2. The van der Waals surface area contributed by atoms with Crippen molar-refractivity contribution in [3.63, 3.8) is 0 Å². The van der Waals surface area contributed by atoms with Crippen molar-refractivity contribution in [1.29, 1.82) is 0 Å². The molecule has 0 spiro atoms. The zero-order chi connectivity index (χ0) is 14.0. The number of aliphatic imine (C=N–C) groups is 1. The fourth-order valence-corrected chi connectivity index (χ4v) is 2.25. The molecular weight excluding hydrogens is 244 g/mol. The van der Waals surface area contributed by atoms with Crippen LogP contribution in [0.3, 0.4) is 0 Å². The Morgan fingerprint density at radius 3 is 2.39 bits per heavy atom. The third-order valence-electron chi connectivity index (χ3n) is 2.21. The van der Waals surface area contributed by atoms with Gasteiger partial charge in [-0.15, -0.1) is 11.3 Å². The van der Waals surface area contributed by atoms with Crippen molar-refractivity contribution in [2.24, 2.45) is 10.7 Å². The zero-order valence-electron chi connectivity index (χ0n) is 12.2. The Morgan fingerprint density at radius 1 is 1.33 bits per heavy atom. The predicted molar refractivity (Wildman–Crippen MR) is 79.0 cm³/mol. The van der Waals surface area contributed by atoms with Gasteiger partial charge in [-0.1, -0.05) is 20.8 Å². The molecule has 1 aromatic rings. The van der Waals surface area contributed by atoms with Crippen LogP contribution in [-0.2, 0) is 12.0 Å². The van der Waals surface area contributed by atoms with Gasteiger partial charge < -0.3 is 11.1 Å². The highest BCUT2D eigenvalue weighted by atomic mass is 32.1. The average Bonchev–Trinajstić information content (AvgIpc) is 2.59. The third kappa shape index (κ3) is 5.04. The lowest BCUT2D eigenvalue weighted by Gasteiger charge is -2.20. The van der Waals surface area contributed by atoms with Crippen molar-refractivity contribution in [3.05, 3.63) is 16.1 Å². The maximum absolute atomic E-state index is 5.82. The highest BCUT2D eigenvalue weighted by molar-refractivity contribution is 7.09. The van der Waals surface area contributed by atoms with E-state index in [9.17, 15) is 0 Å². The van der Waals surface area contributed by atoms with Crippen molar-refractivity contribution in [2.75, 3.05) is 0 Å². The van der Waals surface area contributed by atoms with E-state index in [4.69, 9.17) is 5.73 Å². The molecule has 0 unspecified atom stereocenters. The van der Waals surface area contributed by atoms with Gasteiger partial charge in [0.25, 0.3) is 0 Å². The van der Waals surface area contributed by atoms with Crippen molar-refractivity contribution in [2.45, 2.75) is 59.0 Å². The summed E-state index contributed by atoms with van der Waals surface area (Å²) in [6.07, 6.45) is 0. The minimum absolute atomic E-state index is 0.0625. The molecule has 0 radical (unpaired) electrons. The summed E-state index contributed by atoms with van der Waals surface area (Å²) in [4.78, 5) is 8.88. The third-order valence-corrected chi connectivity index (χ3v) is 3.04. The van der Waals surface area contributed by atoms with Gasteiger partial charge in [-0.25, -0.2) is 9.98 Å². The fraction of sp³-hybridized carbons (Fsp3) is 0.692. The number of thiazole rings is 1. The van der Waals surface area contributed by atoms with E-state index in [2.05, 4.69) is 62.2 Å². The molecule has 0 bridgehead atoms. The van der Waals surface area contributed by atoms with Crippen LogP contribution in [0.1, 0.15) is 52.2 Å². The van der Waals surface area contributed by atoms with Crippen molar-refractivity contribution in [3.8, 4) is 0 Å². The van der Waals surface area contributed by atoms with Gasteiger partial charge in [0.05, 0.1) is 12.2 Å². The molecule has 4 nitrogen and oxygen atoms in total. The molecule has 0 saturated heterocycles. The first-order chi connectivity index (χ1) is 8.08. The van der Waals surface area contributed by atoms with Gasteiger partial charge in [-0.05, 0) is 20.8 Å². The number of nitrogens with two attached hydrogens (primary N) is 1. The summed E-state index contributed by atoms with van der Waals surface area (Å²) < 4.78 is 0. The Labute approximate surface area is 114 Å². The summed E-state index contributed by atoms with van der Waals surface area (Å²) in [6.45, 7) is 13.2. The number of hydrogen-bond acceptors (Lipinski definition) is 3. The standard InChI is InChI=1S/C13H24N4S/c1-12(2,3)9-8-18-10(16-9)7-15-11(14)17-13(4,5)6/h8H,7H2,1-6H3,(H3,14,15,17). The number of nitrogens with one attached hydrogen (secondary N) is 1. The molecule has 0 saturated carbocycles. The molecule has 5 heteroatoms. The van der Waals surface area contributed by atoms with Gasteiger partial charge in [0.1, 0.15) is 5.01 Å². The van der Waals surface area contributed by atoms with Gasteiger partial charge in [0, 0.05) is 16.3 Å². The van der Waals surface area contributed by atoms with Crippen LogP contribution in [0.15, 0.2) is 10.4 Å². The molecule has 0 amide bonds. The maximum atomic E-state index is 5.82. The molecule has 0 aromatic carbocycles. The molecule has 0 fully saturated rings. The largest absolute Gasteiger partial charge is 0.370 e. The summed E-state index contributed by atoms with van der Waals surface area (Å²) in [7, 11) is 0. The number of aromatic nitrogens is 1. The van der Waals surface area contributed by atoms with Crippen molar-refractivity contribution >= 4 is 17.3 Å². The quantitative estimate of drug-likeness (QED) is 0.640. The zero-order valence-corrected chi connectivity index (χ0v) is 13.0. The average molecular weight is 268 g/mol. The summed E-state index contributed by atoms with van der Waals surface area (Å²) >= 11 is 1.63. The highest BCUT2D eigenvalue weighted by Crippen LogP contribution is 2.24. The molecule has 1 heterocycles. The van der Waals surface area contributed by atoms with E-state index in [-0.39, 0.29) is 11.0 Å². The van der Waals surface area contributed by atoms with Crippen LogP contribution in [0.25, 0.3) is 0 Å². The van der Waals surface area contributed by atoms with Gasteiger partial charge in [0.2, 0.25) is 0 Å². The summed E-state index contributed by atoms with van der Waals surface area (Å²) in [6, 6.07) is 0. The van der Waals surface area contributed by atoms with Gasteiger partial charge >= 0.3 is 0 Å². The van der Waals surface area contributed by atoms with E-state index in [1.54, 1.807) is 11.3 Å². The Hall–Kier alpha value is -1.10. The number of guanidine groups is 1. The summed E-state index contributed by atoms with van der Waals surface area (Å²) in [5.41, 5.74) is 6.96. The first-order valence-electron chi connectivity index (χ1n) is 6.11. The highest BCUT2D eigenvalue weighted by Gasteiger charge is 2.17. The van der Waals surface area contributed by atoms with E-state index in [0.29, 0.717) is 12.5 Å². The monoisotopic (exact) mass is 268 g/mol. The number of hydrogen-bond donors (Lipinski definition) is 2. The second-order valence-corrected chi connectivity index (χ2v) is 7.40. The van der Waals surface area contributed by atoms with Crippen LogP contribution in [0.4, 0.5) is 0 Å². The second-order valence-electron chi connectivity index (χ2n) is 6.45. The minimum atomic E-state index is -0.0625. The Bertz CT molecular complexity index is 421. The molecule has 1 aromatic heterocycles. The molecule has 0 aliphatic carbocycles. The SMILES string of the molecule is CC(C)(C)NC(N)=NCc1nc(C(C)(C)C)cs1. The van der Waals surface area contributed by atoms with E-state index in [1.807, 2.05) is 0 Å². The molecule has 0 atom stereocenters. The molecule has 0 aliphatic heterocycles. The van der Waals surface area contributed by atoms with Gasteiger partial charge in [-0.2, -0.15) is 0 Å². The Kier molecular flexibility index (Phi) is 4.37. The molecule has 0 aliphatic rings. The van der Waals surface area contributed by atoms with Gasteiger partial charge in [-0.3, -0.25) is 0 Å². The van der Waals surface area contributed by atoms with E-state index < -0.39 is 0 Å². The second kappa shape index (κ2) is 5.26. The fourth-order valence-electron chi connectivity index (χ4n) is 1.30. The van der Waals surface area contributed by atoms with Gasteiger partial charge in [0.15, 0.2) is 5.96 Å². The lowest BCUT2D eigenvalue weighted by Crippen LogP contribution is -2.44. The summed E-state index contributed by atoms with van der Waals surface area (Å²) in [5.74, 6) is 0.468. The van der Waals surface area contributed by atoms with Crippen LogP contribution in [0.2, 0.25) is 0 Å². The minimum Gasteiger partial charge on any atom is -0.370 e. The van der Waals surface area contributed by atoms with Crippen molar-refractivity contribution in [1.82, 2.24) is 10.3 Å². The first kappa shape index (κ1) is 15.0. The van der Waals surface area contributed by atoms with Crippen LogP contribution in [-0.4, -0.2) is 16.5 Å².